The van der Waals surface area contributed by atoms with E-state index in [0.29, 0.717) is 23.7 Å². The topological polar surface area (TPSA) is 73.0 Å². The molecule has 0 atom stereocenters. The van der Waals surface area contributed by atoms with Gasteiger partial charge in [0.15, 0.2) is 5.76 Å². The molecule has 6 heteroatoms. The number of rotatable bonds is 5. The first-order valence-electron chi connectivity index (χ1n) is 7.95. The first-order valence-corrected chi connectivity index (χ1v) is 7.95. The van der Waals surface area contributed by atoms with Gasteiger partial charge in [0, 0.05) is 24.1 Å². The van der Waals surface area contributed by atoms with Crippen LogP contribution in [0.15, 0.2) is 71.7 Å². The lowest BCUT2D eigenvalue weighted by molar-refractivity contribution is -0.121. The summed E-state index contributed by atoms with van der Waals surface area (Å²) in [6.07, 6.45) is 6.72. The Hall–Kier alpha value is -3.41. The molecule has 0 radical (unpaired) electrons. The van der Waals surface area contributed by atoms with Gasteiger partial charge in [0.25, 0.3) is 0 Å². The van der Waals surface area contributed by atoms with Crippen LogP contribution in [0.5, 0.6) is 0 Å². The Labute approximate surface area is 144 Å². The van der Waals surface area contributed by atoms with Crippen LogP contribution in [0.1, 0.15) is 5.69 Å². The summed E-state index contributed by atoms with van der Waals surface area (Å²) in [6, 6.07) is 13.6. The third-order valence-corrected chi connectivity index (χ3v) is 3.98. The van der Waals surface area contributed by atoms with Crippen molar-refractivity contribution >= 4 is 16.8 Å². The fourth-order valence-electron chi connectivity index (χ4n) is 2.79. The number of aromatic nitrogens is 3. The fourth-order valence-corrected chi connectivity index (χ4v) is 2.79. The summed E-state index contributed by atoms with van der Waals surface area (Å²) < 4.78 is 7.31. The normalized spacial score (nSPS) is 10.9. The maximum absolute atomic E-state index is 12.3. The Morgan fingerprint density at radius 2 is 1.96 bits per heavy atom. The summed E-state index contributed by atoms with van der Waals surface area (Å²) in [5, 5.41) is 4.02. The van der Waals surface area contributed by atoms with Crippen LogP contribution in [-0.4, -0.2) is 20.4 Å². The average Bonchev–Trinajstić information content (AvgIpc) is 3.31. The van der Waals surface area contributed by atoms with Crippen LogP contribution in [0.2, 0.25) is 0 Å². The Kier molecular flexibility index (Phi) is 4.00. The minimum atomic E-state index is -0.0857. The lowest BCUT2D eigenvalue weighted by Gasteiger charge is -2.09. The molecule has 0 bridgehead atoms. The molecule has 3 aromatic heterocycles. The van der Waals surface area contributed by atoms with E-state index in [1.165, 1.54) is 0 Å². The van der Waals surface area contributed by atoms with Crippen molar-refractivity contribution in [2.45, 2.75) is 13.1 Å². The van der Waals surface area contributed by atoms with Gasteiger partial charge in [0.1, 0.15) is 12.2 Å². The zero-order chi connectivity index (χ0) is 17.1. The summed E-state index contributed by atoms with van der Waals surface area (Å²) in [4.78, 5) is 20.9. The number of furan rings is 1. The standard InChI is InChI=1S/C19H16N4O2/c24-18(13-23-10-7-14-4-1-2-5-16(14)23)22-12-15-19(21-9-8-20-15)17-6-3-11-25-17/h1-11H,12-13H2,(H,22,24). The summed E-state index contributed by atoms with van der Waals surface area (Å²) >= 11 is 0. The predicted octanol–water partition coefficient (Wildman–Crippen LogP) is 3.01. The number of amides is 1. The van der Waals surface area contributed by atoms with E-state index in [9.17, 15) is 4.79 Å². The highest BCUT2D eigenvalue weighted by Gasteiger charge is 2.12. The molecule has 4 rings (SSSR count). The van der Waals surface area contributed by atoms with Gasteiger partial charge in [0.2, 0.25) is 5.91 Å². The second kappa shape index (κ2) is 6.60. The molecule has 124 valence electrons. The minimum Gasteiger partial charge on any atom is -0.463 e. The first kappa shape index (κ1) is 15.1. The zero-order valence-electron chi connectivity index (χ0n) is 13.4. The van der Waals surface area contributed by atoms with Gasteiger partial charge in [-0.1, -0.05) is 18.2 Å². The highest BCUT2D eigenvalue weighted by Crippen LogP contribution is 2.20. The highest BCUT2D eigenvalue weighted by atomic mass is 16.3. The van der Waals surface area contributed by atoms with E-state index >= 15 is 0 Å². The number of benzene rings is 1. The third kappa shape index (κ3) is 3.14. The van der Waals surface area contributed by atoms with E-state index < -0.39 is 0 Å². The minimum absolute atomic E-state index is 0.0857. The smallest absolute Gasteiger partial charge is 0.240 e. The van der Waals surface area contributed by atoms with Gasteiger partial charge in [-0.2, -0.15) is 0 Å². The summed E-state index contributed by atoms with van der Waals surface area (Å²) in [5.74, 6) is 0.547. The lowest BCUT2D eigenvalue weighted by Crippen LogP contribution is -2.27. The molecule has 0 fully saturated rings. The Morgan fingerprint density at radius 3 is 2.84 bits per heavy atom. The molecule has 1 aromatic carbocycles. The van der Waals surface area contributed by atoms with Gasteiger partial charge in [-0.05, 0) is 29.7 Å². The van der Waals surface area contributed by atoms with E-state index in [1.54, 1.807) is 24.7 Å². The van der Waals surface area contributed by atoms with Crippen molar-refractivity contribution in [3.63, 3.8) is 0 Å². The van der Waals surface area contributed by atoms with E-state index in [1.807, 2.05) is 47.2 Å². The van der Waals surface area contributed by atoms with Crippen LogP contribution in [0, 0.1) is 0 Å². The van der Waals surface area contributed by atoms with Gasteiger partial charge < -0.3 is 14.3 Å². The van der Waals surface area contributed by atoms with E-state index in [0.717, 1.165) is 10.9 Å². The van der Waals surface area contributed by atoms with Crippen molar-refractivity contribution in [3.05, 3.63) is 73.0 Å². The van der Waals surface area contributed by atoms with E-state index in [4.69, 9.17) is 4.42 Å². The summed E-state index contributed by atoms with van der Waals surface area (Å²) in [7, 11) is 0. The molecule has 1 amide bonds. The molecule has 6 nitrogen and oxygen atoms in total. The summed E-state index contributed by atoms with van der Waals surface area (Å²) in [5.41, 5.74) is 2.34. The van der Waals surface area contributed by atoms with Gasteiger partial charge in [0.05, 0.1) is 18.5 Å². The molecule has 3 heterocycles. The number of nitrogens with one attached hydrogen (secondary N) is 1. The van der Waals surface area contributed by atoms with Gasteiger partial charge in [-0.25, -0.2) is 4.98 Å². The molecule has 1 N–H and O–H groups in total. The number of hydrogen-bond acceptors (Lipinski definition) is 4. The van der Waals surface area contributed by atoms with Crippen LogP contribution >= 0.6 is 0 Å². The quantitative estimate of drug-likeness (QED) is 0.610. The van der Waals surface area contributed by atoms with Crippen LogP contribution in [0.3, 0.4) is 0 Å². The van der Waals surface area contributed by atoms with Crippen molar-refractivity contribution < 1.29 is 9.21 Å². The van der Waals surface area contributed by atoms with Gasteiger partial charge >= 0.3 is 0 Å². The van der Waals surface area contributed by atoms with Crippen molar-refractivity contribution in [1.29, 1.82) is 0 Å². The van der Waals surface area contributed by atoms with Crippen molar-refractivity contribution in [3.8, 4) is 11.5 Å². The number of para-hydroxylation sites is 1. The molecular formula is C19H16N4O2. The zero-order valence-corrected chi connectivity index (χ0v) is 13.4. The van der Waals surface area contributed by atoms with Gasteiger partial charge in [-0.3, -0.25) is 9.78 Å². The Morgan fingerprint density at radius 1 is 1.08 bits per heavy atom. The van der Waals surface area contributed by atoms with Crippen LogP contribution in [0.4, 0.5) is 0 Å². The fraction of sp³-hybridized carbons (Fsp3) is 0.105. The second-order valence-corrected chi connectivity index (χ2v) is 5.61. The van der Waals surface area contributed by atoms with Crippen molar-refractivity contribution in [2.24, 2.45) is 0 Å². The first-order chi connectivity index (χ1) is 12.3. The molecule has 0 saturated heterocycles. The molecule has 0 saturated carbocycles. The number of carbonyl (C=O) groups is 1. The predicted molar refractivity (Wildman–Crippen MR) is 93.5 cm³/mol. The molecule has 0 aliphatic heterocycles. The van der Waals surface area contributed by atoms with Crippen LogP contribution in [0.25, 0.3) is 22.4 Å². The van der Waals surface area contributed by atoms with E-state index in [-0.39, 0.29) is 12.5 Å². The molecule has 0 spiro atoms. The third-order valence-electron chi connectivity index (χ3n) is 3.98. The maximum Gasteiger partial charge on any atom is 0.240 e. The average molecular weight is 332 g/mol. The Balaban J connectivity index is 1.46. The molecule has 25 heavy (non-hydrogen) atoms. The lowest BCUT2D eigenvalue weighted by atomic mass is 10.2. The molecular weight excluding hydrogens is 316 g/mol. The molecule has 0 aliphatic rings. The van der Waals surface area contributed by atoms with Crippen LogP contribution < -0.4 is 5.32 Å². The molecule has 0 unspecified atom stereocenters. The maximum atomic E-state index is 12.3. The molecule has 4 aromatic rings. The largest absolute Gasteiger partial charge is 0.463 e. The van der Waals surface area contributed by atoms with Gasteiger partial charge in [-0.15, -0.1) is 0 Å². The van der Waals surface area contributed by atoms with Crippen molar-refractivity contribution in [1.82, 2.24) is 19.9 Å². The van der Waals surface area contributed by atoms with Crippen LogP contribution in [-0.2, 0) is 17.9 Å². The SMILES string of the molecule is O=C(Cn1ccc2ccccc21)NCc1nccnc1-c1ccco1. The number of carbonyl (C=O) groups excluding carboxylic acids is 1. The Bertz CT molecular complexity index is 1010. The van der Waals surface area contributed by atoms with Crippen molar-refractivity contribution in [2.75, 3.05) is 0 Å². The molecule has 0 aliphatic carbocycles. The number of fused-ring (bicyclic) bond motifs is 1. The summed E-state index contributed by atoms with van der Waals surface area (Å²) in [6.45, 7) is 0.547. The number of hydrogen-bond donors (Lipinski definition) is 1. The highest BCUT2D eigenvalue weighted by molar-refractivity contribution is 5.83. The monoisotopic (exact) mass is 332 g/mol. The number of nitrogens with zero attached hydrogens (tertiary/aromatic N) is 3. The van der Waals surface area contributed by atoms with E-state index in [2.05, 4.69) is 15.3 Å². The second-order valence-electron chi connectivity index (χ2n) is 5.61.